The Kier molecular flexibility index (Phi) is 4.54. The number of nitrogen functional groups attached to an aromatic ring is 1. The monoisotopic (exact) mass is 227 g/mol. The molecule has 3 nitrogen and oxygen atoms in total. The van der Waals surface area contributed by atoms with Crippen LogP contribution >= 0.6 is 11.3 Å². The largest absolute Gasteiger partial charge is 0.375 e. The quantitative estimate of drug-likeness (QED) is 0.839. The third kappa shape index (κ3) is 3.47. The van der Waals surface area contributed by atoms with Crippen LogP contribution in [0, 0.1) is 6.92 Å². The highest BCUT2D eigenvalue weighted by Gasteiger charge is 2.10. The van der Waals surface area contributed by atoms with Crippen LogP contribution in [0.25, 0.3) is 0 Å². The van der Waals surface area contributed by atoms with E-state index in [-0.39, 0.29) is 0 Å². The third-order valence-electron chi connectivity index (χ3n) is 2.67. The van der Waals surface area contributed by atoms with Crippen molar-refractivity contribution in [3.05, 3.63) is 10.6 Å². The van der Waals surface area contributed by atoms with Gasteiger partial charge in [-0.2, -0.15) is 0 Å². The molecule has 15 heavy (non-hydrogen) atoms. The maximum Gasteiger partial charge on any atom is 0.180 e. The number of rotatable bonds is 5. The molecule has 0 fully saturated rings. The van der Waals surface area contributed by atoms with Gasteiger partial charge in [0.2, 0.25) is 0 Å². The molecule has 2 N–H and O–H groups in total. The molecule has 1 rings (SSSR count). The van der Waals surface area contributed by atoms with Crippen molar-refractivity contribution < 1.29 is 0 Å². The number of likely N-dealkylation sites (N-methyl/N-ethyl adjacent to an activating group) is 1. The van der Waals surface area contributed by atoms with Gasteiger partial charge in [-0.3, -0.25) is 0 Å². The number of hydrogen-bond donors (Lipinski definition) is 1. The summed E-state index contributed by atoms with van der Waals surface area (Å²) in [5.41, 5.74) is 6.77. The molecular formula is C11H21N3S. The molecule has 1 heterocycles. The second-order valence-electron chi connectivity index (χ2n) is 4.03. The first kappa shape index (κ1) is 12.5. The molecule has 0 saturated heterocycles. The van der Waals surface area contributed by atoms with E-state index >= 15 is 0 Å². The predicted octanol–water partition coefficient (Wildman–Crippen LogP) is 2.31. The average Bonchev–Trinajstić information content (AvgIpc) is 2.45. The number of aryl methyl sites for hydroxylation is 1. The van der Waals surface area contributed by atoms with Crippen molar-refractivity contribution in [2.24, 2.45) is 0 Å². The Hall–Kier alpha value is -0.610. The van der Waals surface area contributed by atoms with Gasteiger partial charge in [0.1, 0.15) is 0 Å². The van der Waals surface area contributed by atoms with Crippen molar-refractivity contribution in [1.82, 2.24) is 9.88 Å². The number of nitrogens with zero attached hydrogens (tertiary/aromatic N) is 2. The normalized spacial score (nSPS) is 11.6. The van der Waals surface area contributed by atoms with E-state index in [1.54, 1.807) is 11.3 Å². The summed E-state index contributed by atoms with van der Waals surface area (Å²) in [6.45, 7) is 10.9. The lowest BCUT2D eigenvalue weighted by Gasteiger charge is -2.24. The van der Waals surface area contributed by atoms with E-state index in [4.69, 9.17) is 5.73 Å². The summed E-state index contributed by atoms with van der Waals surface area (Å²) >= 11 is 1.62. The van der Waals surface area contributed by atoms with Gasteiger partial charge in [0.25, 0.3) is 0 Å². The van der Waals surface area contributed by atoms with Crippen LogP contribution in [0.3, 0.4) is 0 Å². The summed E-state index contributed by atoms with van der Waals surface area (Å²) in [7, 11) is 0. The fourth-order valence-corrected chi connectivity index (χ4v) is 2.53. The van der Waals surface area contributed by atoms with Crippen LogP contribution in [0.4, 0.5) is 5.13 Å². The summed E-state index contributed by atoms with van der Waals surface area (Å²) in [4.78, 5) is 8.02. The summed E-state index contributed by atoms with van der Waals surface area (Å²) in [6.07, 6.45) is 1.06. The lowest BCUT2D eigenvalue weighted by molar-refractivity contribution is 0.237. The van der Waals surface area contributed by atoms with E-state index in [0.29, 0.717) is 11.2 Å². The number of thiazole rings is 1. The number of nitrogens with two attached hydrogens (primary N) is 1. The third-order valence-corrected chi connectivity index (χ3v) is 3.72. The highest BCUT2D eigenvalue weighted by atomic mass is 32.1. The molecule has 0 amide bonds. The molecule has 4 heteroatoms. The summed E-state index contributed by atoms with van der Waals surface area (Å²) in [6, 6.07) is 0.612. The van der Waals surface area contributed by atoms with Crippen molar-refractivity contribution >= 4 is 16.5 Å². The van der Waals surface area contributed by atoms with Crippen LogP contribution in [-0.4, -0.2) is 29.0 Å². The van der Waals surface area contributed by atoms with Gasteiger partial charge in [-0.15, -0.1) is 11.3 Å². The van der Waals surface area contributed by atoms with Gasteiger partial charge in [0.05, 0.1) is 5.69 Å². The van der Waals surface area contributed by atoms with E-state index in [0.717, 1.165) is 25.2 Å². The zero-order chi connectivity index (χ0) is 11.4. The summed E-state index contributed by atoms with van der Waals surface area (Å²) < 4.78 is 0. The topological polar surface area (TPSA) is 42.1 Å². The molecule has 0 radical (unpaired) electrons. The second-order valence-corrected chi connectivity index (χ2v) is 5.15. The lowest BCUT2D eigenvalue weighted by atomic mass is 10.2. The molecule has 0 aliphatic carbocycles. The molecule has 0 aliphatic rings. The molecule has 0 unspecified atom stereocenters. The molecule has 0 atom stereocenters. The molecule has 0 aromatic carbocycles. The maximum atomic E-state index is 5.67. The number of hydrogen-bond acceptors (Lipinski definition) is 4. The van der Waals surface area contributed by atoms with Gasteiger partial charge in [0.15, 0.2) is 5.13 Å². The smallest absolute Gasteiger partial charge is 0.180 e. The van der Waals surface area contributed by atoms with E-state index in [1.165, 1.54) is 4.88 Å². The van der Waals surface area contributed by atoms with Crippen LogP contribution in [0.1, 0.15) is 31.3 Å². The lowest BCUT2D eigenvalue weighted by Crippen LogP contribution is -2.32. The fraction of sp³-hybridized carbons (Fsp3) is 0.727. The van der Waals surface area contributed by atoms with Crippen molar-refractivity contribution in [3.8, 4) is 0 Å². The maximum absolute atomic E-state index is 5.67. The van der Waals surface area contributed by atoms with E-state index in [9.17, 15) is 0 Å². The van der Waals surface area contributed by atoms with Gasteiger partial charge in [0, 0.05) is 17.5 Å². The molecule has 0 spiro atoms. The van der Waals surface area contributed by atoms with Gasteiger partial charge >= 0.3 is 0 Å². The Balaban J connectivity index is 2.52. The van der Waals surface area contributed by atoms with E-state index in [1.807, 2.05) is 6.92 Å². The first-order valence-electron chi connectivity index (χ1n) is 5.50. The van der Waals surface area contributed by atoms with Crippen LogP contribution in [0.5, 0.6) is 0 Å². The van der Waals surface area contributed by atoms with Crippen LogP contribution in [-0.2, 0) is 6.42 Å². The standard InChI is InChI=1S/C11H21N3S/c1-5-14(8(2)3)7-6-10-9(4)13-11(12)15-10/h8H,5-7H2,1-4H3,(H2,12,13). The van der Waals surface area contributed by atoms with Crippen molar-refractivity contribution in [2.45, 2.75) is 40.2 Å². The Bertz CT molecular complexity index is 307. The predicted molar refractivity (Wildman–Crippen MR) is 67.4 cm³/mol. The zero-order valence-electron chi connectivity index (χ0n) is 10.1. The molecule has 1 aromatic rings. The number of anilines is 1. The minimum Gasteiger partial charge on any atom is -0.375 e. The van der Waals surface area contributed by atoms with Crippen molar-refractivity contribution in [1.29, 1.82) is 0 Å². The Labute approximate surface area is 96.3 Å². The van der Waals surface area contributed by atoms with E-state index < -0.39 is 0 Å². The summed E-state index contributed by atoms with van der Waals surface area (Å²) in [5, 5.41) is 0.690. The highest BCUT2D eigenvalue weighted by Crippen LogP contribution is 2.20. The Morgan fingerprint density at radius 3 is 2.53 bits per heavy atom. The summed E-state index contributed by atoms with van der Waals surface area (Å²) in [5.74, 6) is 0. The van der Waals surface area contributed by atoms with E-state index in [2.05, 4.69) is 30.7 Å². The molecule has 86 valence electrons. The van der Waals surface area contributed by atoms with Crippen LogP contribution < -0.4 is 5.73 Å². The van der Waals surface area contributed by atoms with Crippen LogP contribution in [0.2, 0.25) is 0 Å². The highest BCUT2D eigenvalue weighted by molar-refractivity contribution is 7.15. The van der Waals surface area contributed by atoms with Gasteiger partial charge in [-0.25, -0.2) is 4.98 Å². The van der Waals surface area contributed by atoms with Gasteiger partial charge in [-0.1, -0.05) is 6.92 Å². The minimum atomic E-state index is 0.612. The van der Waals surface area contributed by atoms with Crippen molar-refractivity contribution in [2.75, 3.05) is 18.8 Å². The first-order chi connectivity index (χ1) is 7.04. The molecular weight excluding hydrogens is 206 g/mol. The molecule has 0 aliphatic heterocycles. The number of aromatic nitrogens is 1. The minimum absolute atomic E-state index is 0.612. The van der Waals surface area contributed by atoms with Gasteiger partial charge < -0.3 is 10.6 Å². The fourth-order valence-electron chi connectivity index (χ4n) is 1.71. The van der Waals surface area contributed by atoms with Gasteiger partial charge in [-0.05, 0) is 33.7 Å². The Morgan fingerprint density at radius 2 is 2.13 bits per heavy atom. The molecule has 0 saturated carbocycles. The molecule has 1 aromatic heterocycles. The molecule has 0 bridgehead atoms. The Morgan fingerprint density at radius 1 is 1.47 bits per heavy atom. The SMILES string of the molecule is CCN(CCc1sc(N)nc1C)C(C)C. The first-order valence-corrected chi connectivity index (χ1v) is 6.32. The zero-order valence-corrected chi connectivity index (χ0v) is 10.9. The van der Waals surface area contributed by atoms with Crippen molar-refractivity contribution in [3.63, 3.8) is 0 Å². The second kappa shape index (κ2) is 5.47. The van der Waals surface area contributed by atoms with Crippen LogP contribution in [0.15, 0.2) is 0 Å². The average molecular weight is 227 g/mol.